The molecule has 1 amide bonds. The molecule has 23 heavy (non-hydrogen) atoms. The molecule has 2 aromatic rings. The minimum absolute atomic E-state index is 0.0824. The van der Waals surface area contributed by atoms with E-state index in [1.165, 1.54) is 17.0 Å². The van der Waals surface area contributed by atoms with Gasteiger partial charge < -0.3 is 4.90 Å². The maximum atomic E-state index is 12.7. The van der Waals surface area contributed by atoms with Gasteiger partial charge in [0.1, 0.15) is 0 Å². The molecule has 2 aromatic carbocycles. The molecule has 0 unspecified atom stereocenters. The summed E-state index contributed by atoms with van der Waals surface area (Å²) in [7, 11) is 1.61. The van der Waals surface area contributed by atoms with Gasteiger partial charge in [-0.1, -0.05) is 41.9 Å². The summed E-state index contributed by atoms with van der Waals surface area (Å²) in [6.45, 7) is 0.346. The standard InChI is InChI=1S/C17H15ClF3NO/c1-22(11-13-5-3-7-15(18)9-13)16(23)10-12-4-2-6-14(8-12)17(19,20)21/h2-9H,10-11H2,1H3. The second-order valence-corrected chi connectivity index (χ2v) is 5.69. The Morgan fingerprint density at radius 2 is 1.74 bits per heavy atom. The summed E-state index contributed by atoms with van der Waals surface area (Å²) in [5.74, 6) is -0.260. The van der Waals surface area contributed by atoms with Gasteiger partial charge in [0.05, 0.1) is 12.0 Å². The van der Waals surface area contributed by atoms with Crippen LogP contribution in [0.2, 0.25) is 5.02 Å². The predicted octanol–water partition coefficient (Wildman–Crippen LogP) is 4.56. The van der Waals surface area contributed by atoms with Crippen LogP contribution < -0.4 is 0 Å². The quantitative estimate of drug-likeness (QED) is 0.798. The third-order valence-corrected chi connectivity index (χ3v) is 3.58. The largest absolute Gasteiger partial charge is 0.416 e. The average Bonchev–Trinajstić information content (AvgIpc) is 2.46. The van der Waals surface area contributed by atoms with Gasteiger partial charge in [0, 0.05) is 18.6 Å². The van der Waals surface area contributed by atoms with Gasteiger partial charge in [0.2, 0.25) is 5.91 Å². The predicted molar refractivity (Wildman–Crippen MR) is 83.1 cm³/mol. The van der Waals surface area contributed by atoms with E-state index >= 15 is 0 Å². The van der Waals surface area contributed by atoms with Crippen LogP contribution in [-0.4, -0.2) is 17.9 Å². The summed E-state index contributed by atoms with van der Waals surface area (Å²) >= 11 is 5.89. The van der Waals surface area contributed by atoms with E-state index in [9.17, 15) is 18.0 Å². The first-order valence-electron chi connectivity index (χ1n) is 6.90. The molecule has 0 heterocycles. The fourth-order valence-electron chi connectivity index (χ4n) is 2.16. The van der Waals surface area contributed by atoms with Crippen molar-refractivity contribution in [1.29, 1.82) is 0 Å². The van der Waals surface area contributed by atoms with Gasteiger partial charge in [-0.15, -0.1) is 0 Å². The third kappa shape index (κ3) is 4.99. The van der Waals surface area contributed by atoms with Crippen LogP contribution in [-0.2, 0) is 23.9 Å². The summed E-state index contributed by atoms with van der Waals surface area (Å²) in [5, 5.41) is 0.571. The molecule has 0 spiro atoms. The number of halogens is 4. The van der Waals surface area contributed by atoms with Crippen molar-refractivity contribution in [2.45, 2.75) is 19.1 Å². The molecule has 0 saturated heterocycles. The molecular weight excluding hydrogens is 327 g/mol. The smallest absolute Gasteiger partial charge is 0.341 e. The van der Waals surface area contributed by atoms with Crippen molar-refractivity contribution >= 4 is 17.5 Å². The van der Waals surface area contributed by atoms with E-state index in [0.29, 0.717) is 17.1 Å². The zero-order valence-corrected chi connectivity index (χ0v) is 13.2. The van der Waals surface area contributed by atoms with Gasteiger partial charge in [-0.25, -0.2) is 0 Å². The Hall–Kier alpha value is -2.01. The molecule has 0 N–H and O–H groups in total. The molecular formula is C17H15ClF3NO. The fourth-order valence-corrected chi connectivity index (χ4v) is 2.38. The fraction of sp³-hybridized carbons (Fsp3) is 0.235. The Morgan fingerprint density at radius 1 is 1.09 bits per heavy atom. The number of nitrogens with zero attached hydrogens (tertiary/aromatic N) is 1. The molecule has 0 radical (unpaired) electrons. The molecule has 122 valence electrons. The second kappa shape index (κ2) is 7.04. The highest BCUT2D eigenvalue weighted by molar-refractivity contribution is 6.30. The highest BCUT2D eigenvalue weighted by atomic mass is 35.5. The number of alkyl halides is 3. The molecule has 0 fully saturated rings. The molecule has 0 aromatic heterocycles. The molecule has 0 atom stereocenters. The van der Waals surface area contributed by atoms with Crippen molar-refractivity contribution in [3.8, 4) is 0 Å². The van der Waals surface area contributed by atoms with E-state index in [2.05, 4.69) is 0 Å². The first kappa shape index (κ1) is 17.3. The zero-order chi connectivity index (χ0) is 17.0. The molecule has 0 aliphatic heterocycles. The Morgan fingerprint density at radius 3 is 2.39 bits per heavy atom. The minimum atomic E-state index is -4.41. The van der Waals surface area contributed by atoms with Crippen LogP contribution in [0.1, 0.15) is 16.7 Å². The van der Waals surface area contributed by atoms with Gasteiger partial charge >= 0.3 is 6.18 Å². The van der Waals surface area contributed by atoms with Crippen molar-refractivity contribution in [3.05, 3.63) is 70.2 Å². The second-order valence-electron chi connectivity index (χ2n) is 5.25. The molecule has 2 nitrogen and oxygen atoms in total. The van der Waals surface area contributed by atoms with Gasteiger partial charge in [-0.2, -0.15) is 13.2 Å². The van der Waals surface area contributed by atoms with Gasteiger partial charge in [-0.3, -0.25) is 4.79 Å². The van der Waals surface area contributed by atoms with Crippen molar-refractivity contribution in [1.82, 2.24) is 4.90 Å². The lowest BCUT2D eigenvalue weighted by atomic mass is 10.1. The van der Waals surface area contributed by atoms with Crippen LogP contribution in [0.15, 0.2) is 48.5 Å². The molecule has 2 rings (SSSR count). The first-order chi connectivity index (χ1) is 10.8. The molecule has 0 bridgehead atoms. The lowest BCUT2D eigenvalue weighted by Gasteiger charge is -2.18. The SMILES string of the molecule is CN(Cc1cccc(Cl)c1)C(=O)Cc1cccc(C(F)(F)F)c1. The monoisotopic (exact) mass is 341 g/mol. The van der Waals surface area contributed by atoms with Crippen LogP contribution in [0.4, 0.5) is 13.2 Å². The number of carbonyl (C=O) groups excluding carboxylic acids is 1. The molecule has 0 saturated carbocycles. The highest BCUT2D eigenvalue weighted by Crippen LogP contribution is 2.29. The van der Waals surface area contributed by atoms with Crippen LogP contribution in [0.25, 0.3) is 0 Å². The summed E-state index contributed by atoms with van der Waals surface area (Å²) < 4.78 is 38.0. The number of carbonyl (C=O) groups is 1. The number of hydrogen-bond donors (Lipinski definition) is 0. The number of amides is 1. The first-order valence-corrected chi connectivity index (χ1v) is 7.28. The summed E-state index contributed by atoms with van der Waals surface area (Å²) in [4.78, 5) is 13.6. The number of rotatable bonds is 4. The average molecular weight is 342 g/mol. The summed E-state index contributed by atoms with van der Waals surface area (Å²) in [6.07, 6.45) is -4.49. The maximum Gasteiger partial charge on any atom is 0.416 e. The highest BCUT2D eigenvalue weighted by Gasteiger charge is 2.30. The summed E-state index contributed by atoms with van der Waals surface area (Å²) in [5.41, 5.74) is 0.445. The van der Waals surface area contributed by atoms with Gasteiger partial charge in [-0.05, 0) is 29.3 Å². The lowest BCUT2D eigenvalue weighted by Crippen LogP contribution is -2.27. The number of likely N-dealkylation sites (N-methyl/N-ethyl adjacent to an activating group) is 1. The molecule has 0 aliphatic rings. The third-order valence-electron chi connectivity index (χ3n) is 3.34. The van der Waals surface area contributed by atoms with E-state index in [-0.39, 0.29) is 12.3 Å². The maximum absolute atomic E-state index is 12.7. The zero-order valence-electron chi connectivity index (χ0n) is 12.4. The van der Waals surface area contributed by atoms with Gasteiger partial charge in [0.15, 0.2) is 0 Å². The Labute approximate surface area is 137 Å². The van der Waals surface area contributed by atoms with E-state index in [0.717, 1.165) is 17.7 Å². The lowest BCUT2D eigenvalue weighted by molar-refractivity contribution is -0.138. The van der Waals surface area contributed by atoms with Crippen molar-refractivity contribution < 1.29 is 18.0 Å². The number of benzene rings is 2. The van der Waals surface area contributed by atoms with Crippen LogP contribution in [0.3, 0.4) is 0 Å². The van der Waals surface area contributed by atoms with E-state index in [1.807, 2.05) is 6.07 Å². The molecule has 0 aliphatic carbocycles. The Kier molecular flexibility index (Phi) is 5.31. The Bertz CT molecular complexity index is 700. The molecule has 6 heteroatoms. The normalized spacial score (nSPS) is 11.3. The van der Waals surface area contributed by atoms with Crippen molar-refractivity contribution in [2.75, 3.05) is 7.05 Å². The number of hydrogen-bond acceptors (Lipinski definition) is 1. The van der Waals surface area contributed by atoms with Crippen molar-refractivity contribution in [2.24, 2.45) is 0 Å². The minimum Gasteiger partial charge on any atom is -0.341 e. The topological polar surface area (TPSA) is 20.3 Å². The van der Waals surface area contributed by atoms with E-state index in [1.54, 1.807) is 25.2 Å². The van der Waals surface area contributed by atoms with Crippen molar-refractivity contribution in [3.63, 3.8) is 0 Å². The van der Waals surface area contributed by atoms with Crippen LogP contribution in [0, 0.1) is 0 Å². The van der Waals surface area contributed by atoms with Crippen LogP contribution >= 0.6 is 11.6 Å². The van der Waals surface area contributed by atoms with E-state index < -0.39 is 11.7 Å². The Balaban J connectivity index is 2.04. The van der Waals surface area contributed by atoms with Gasteiger partial charge in [0.25, 0.3) is 0 Å². The summed E-state index contributed by atoms with van der Waals surface area (Å²) in [6, 6.07) is 11.9. The van der Waals surface area contributed by atoms with Crippen LogP contribution in [0.5, 0.6) is 0 Å². The van der Waals surface area contributed by atoms with E-state index in [4.69, 9.17) is 11.6 Å².